The molecule has 0 radical (unpaired) electrons. The maximum atomic E-state index is 11.1. The van der Waals surface area contributed by atoms with Gasteiger partial charge in [0.05, 0.1) is 4.92 Å². The lowest BCUT2D eigenvalue weighted by Gasteiger charge is -2.20. The Balaban J connectivity index is 1.92. The molecule has 0 aromatic heterocycles. The van der Waals surface area contributed by atoms with Crippen LogP contribution < -0.4 is 10.2 Å². The summed E-state index contributed by atoms with van der Waals surface area (Å²) < 4.78 is 0. The number of rotatable bonds is 2. The summed E-state index contributed by atoms with van der Waals surface area (Å²) in [6.07, 6.45) is 0. The van der Waals surface area contributed by atoms with Crippen molar-refractivity contribution in [3.05, 3.63) is 33.9 Å². The molecule has 0 aliphatic carbocycles. The Hall–Kier alpha value is -1.62. The second-order valence-electron chi connectivity index (χ2n) is 5.33. The highest BCUT2D eigenvalue weighted by molar-refractivity contribution is 5.65. The highest BCUT2D eigenvalue weighted by atomic mass is 16.6. The van der Waals surface area contributed by atoms with Gasteiger partial charge in [-0.2, -0.15) is 0 Å². The molecule has 3 rings (SSSR count). The first-order valence-corrected chi connectivity index (χ1v) is 6.36. The fourth-order valence-corrected chi connectivity index (χ4v) is 3.09. The fraction of sp³-hybridized carbons (Fsp3) is 0.538. The van der Waals surface area contributed by atoms with E-state index in [1.54, 1.807) is 12.1 Å². The molecule has 2 unspecified atom stereocenters. The Kier molecular flexibility index (Phi) is 2.70. The van der Waals surface area contributed by atoms with E-state index in [9.17, 15) is 10.1 Å². The van der Waals surface area contributed by atoms with Gasteiger partial charge in [0.15, 0.2) is 0 Å². The van der Waals surface area contributed by atoms with Gasteiger partial charge in [0.25, 0.3) is 5.69 Å². The molecule has 2 aliphatic rings. The van der Waals surface area contributed by atoms with Crippen LogP contribution in [0.4, 0.5) is 11.4 Å². The van der Waals surface area contributed by atoms with E-state index < -0.39 is 0 Å². The van der Waals surface area contributed by atoms with Crippen LogP contribution in [0.2, 0.25) is 0 Å². The molecule has 1 aromatic rings. The van der Waals surface area contributed by atoms with E-state index in [1.165, 1.54) is 0 Å². The van der Waals surface area contributed by atoms with Gasteiger partial charge in [0.1, 0.15) is 5.69 Å². The van der Waals surface area contributed by atoms with Gasteiger partial charge in [-0.15, -0.1) is 0 Å². The molecule has 2 aliphatic heterocycles. The molecule has 18 heavy (non-hydrogen) atoms. The number of benzene rings is 1. The van der Waals surface area contributed by atoms with Gasteiger partial charge in [-0.3, -0.25) is 10.1 Å². The van der Waals surface area contributed by atoms with E-state index in [0.717, 1.165) is 37.4 Å². The molecule has 5 heteroatoms. The molecule has 96 valence electrons. The van der Waals surface area contributed by atoms with Gasteiger partial charge < -0.3 is 10.2 Å². The van der Waals surface area contributed by atoms with Gasteiger partial charge in [-0.05, 0) is 30.4 Å². The van der Waals surface area contributed by atoms with Crippen molar-refractivity contribution in [3.8, 4) is 0 Å². The van der Waals surface area contributed by atoms with Crippen LogP contribution in [0.5, 0.6) is 0 Å². The Labute approximate surface area is 106 Å². The Morgan fingerprint density at radius 3 is 2.61 bits per heavy atom. The zero-order chi connectivity index (χ0) is 12.7. The highest BCUT2D eigenvalue weighted by Gasteiger charge is 2.37. The molecule has 2 atom stereocenters. The van der Waals surface area contributed by atoms with Crippen LogP contribution in [0.15, 0.2) is 18.2 Å². The lowest BCUT2D eigenvalue weighted by molar-refractivity contribution is -0.384. The highest BCUT2D eigenvalue weighted by Crippen LogP contribution is 2.36. The molecule has 0 saturated carbocycles. The monoisotopic (exact) mass is 247 g/mol. The van der Waals surface area contributed by atoms with Crippen LogP contribution in [-0.2, 0) is 0 Å². The first kappa shape index (κ1) is 11.5. The lowest BCUT2D eigenvalue weighted by Crippen LogP contribution is -2.26. The normalized spacial score (nSPS) is 26.4. The number of nitro groups is 1. The number of anilines is 1. The molecule has 0 spiro atoms. The van der Waals surface area contributed by atoms with Gasteiger partial charge in [-0.25, -0.2) is 0 Å². The third-order valence-corrected chi connectivity index (χ3v) is 4.06. The third-order valence-electron chi connectivity index (χ3n) is 4.06. The van der Waals surface area contributed by atoms with Crippen LogP contribution in [0.3, 0.4) is 0 Å². The topological polar surface area (TPSA) is 58.4 Å². The molecule has 1 N–H and O–H groups in total. The van der Waals surface area contributed by atoms with E-state index in [2.05, 4.69) is 10.2 Å². The molecular weight excluding hydrogens is 230 g/mol. The molecule has 1 aromatic carbocycles. The molecule has 0 amide bonds. The summed E-state index contributed by atoms with van der Waals surface area (Å²) in [4.78, 5) is 13.0. The summed E-state index contributed by atoms with van der Waals surface area (Å²) >= 11 is 0. The summed E-state index contributed by atoms with van der Waals surface area (Å²) in [5, 5.41) is 14.5. The van der Waals surface area contributed by atoms with E-state index >= 15 is 0 Å². The van der Waals surface area contributed by atoms with Crippen molar-refractivity contribution in [1.82, 2.24) is 5.32 Å². The van der Waals surface area contributed by atoms with E-state index in [1.807, 2.05) is 13.0 Å². The van der Waals surface area contributed by atoms with Crippen molar-refractivity contribution in [1.29, 1.82) is 0 Å². The van der Waals surface area contributed by atoms with Crippen molar-refractivity contribution in [2.24, 2.45) is 11.8 Å². The van der Waals surface area contributed by atoms with Gasteiger partial charge in [0, 0.05) is 32.2 Å². The van der Waals surface area contributed by atoms with Crippen molar-refractivity contribution < 1.29 is 4.92 Å². The quantitative estimate of drug-likeness (QED) is 0.636. The second-order valence-corrected chi connectivity index (χ2v) is 5.33. The summed E-state index contributed by atoms with van der Waals surface area (Å²) in [7, 11) is 0. The predicted octanol–water partition coefficient (Wildman–Crippen LogP) is 1.56. The van der Waals surface area contributed by atoms with E-state index in [4.69, 9.17) is 0 Å². The summed E-state index contributed by atoms with van der Waals surface area (Å²) in [5.41, 5.74) is 2.09. The first-order chi connectivity index (χ1) is 8.65. The Morgan fingerprint density at radius 1 is 1.33 bits per heavy atom. The minimum atomic E-state index is -0.277. The average Bonchev–Trinajstić information content (AvgIpc) is 2.88. The van der Waals surface area contributed by atoms with Crippen molar-refractivity contribution in [2.75, 3.05) is 31.1 Å². The summed E-state index contributed by atoms with van der Waals surface area (Å²) in [5.74, 6) is 1.29. The smallest absolute Gasteiger partial charge is 0.292 e. The standard InChI is InChI=1S/C13H17N3O2/c1-9-2-3-12(16(17)18)13(4-9)15-7-10-5-14-6-11(10)8-15/h2-4,10-11,14H,5-8H2,1H3. The van der Waals surface area contributed by atoms with Crippen molar-refractivity contribution in [2.45, 2.75) is 6.92 Å². The lowest BCUT2D eigenvalue weighted by atomic mass is 10.0. The van der Waals surface area contributed by atoms with Gasteiger partial charge in [-0.1, -0.05) is 6.07 Å². The summed E-state index contributed by atoms with van der Waals surface area (Å²) in [6.45, 7) is 5.93. The number of hydrogen-bond acceptors (Lipinski definition) is 4. The van der Waals surface area contributed by atoms with Gasteiger partial charge in [0.2, 0.25) is 0 Å². The van der Waals surface area contributed by atoms with E-state index in [0.29, 0.717) is 11.8 Å². The molecular formula is C13H17N3O2. The number of nitrogens with zero attached hydrogens (tertiary/aromatic N) is 2. The van der Waals surface area contributed by atoms with Crippen LogP contribution in [-0.4, -0.2) is 31.1 Å². The third kappa shape index (κ3) is 1.84. The number of nitrogens with one attached hydrogen (secondary N) is 1. The number of hydrogen-bond donors (Lipinski definition) is 1. The SMILES string of the molecule is Cc1ccc([N+](=O)[O-])c(N2CC3CNCC3C2)c1. The second kappa shape index (κ2) is 4.24. The van der Waals surface area contributed by atoms with Crippen LogP contribution >= 0.6 is 0 Å². The molecule has 5 nitrogen and oxygen atoms in total. The zero-order valence-corrected chi connectivity index (χ0v) is 10.4. The van der Waals surface area contributed by atoms with Crippen molar-refractivity contribution in [3.63, 3.8) is 0 Å². The zero-order valence-electron chi connectivity index (χ0n) is 10.4. The number of nitro benzene ring substituents is 1. The van der Waals surface area contributed by atoms with Crippen LogP contribution in [0.25, 0.3) is 0 Å². The van der Waals surface area contributed by atoms with Gasteiger partial charge >= 0.3 is 0 Å². The summed E-state index contributed by atoms with van der Waals surface area (Å²) in [6, 6.07) is 5.36. The minimum Gasteiger partial charge on any atom is -0.365 e. The molecule has 2 saturated heterocycles. The Morgan fingerprint density at radius 2 is 2.00 bits per heavy atom. The maximum absolute atomic E-state index is 11.1. The van der Waals surface area contributed by atoms with Crippen molar-refractivity contribution >= 4 is 11.4 Å². The van der Waals surface area contributed by atoms with E-state index in [-0.39, 0.29) is 10.6 Å². The fourth-order valence-electron chi connectivity index (χ4n) is 3.09. The average molecular weight is 247 g/mol. The van der Waals surface area contributed by atoms with Crippen LogP contribution in [0, 0.1) is 28.9 Å². The maximum Gasteiger partial charge on any atom is 0.292 e. The first-order valence-electron chi connectivity index (χ1n) is 6.36. The predicted molar refractivity (Wildman–Crippen MR) is 69.9 cm³/mol. The largest absolute Gasteiger partial charge is 0.365 e. The minimum absolute atomic E-state index is 0.230. The Bertz CT molecular complexity index is 477. The molecule has 2 fully saturated rings. The number of fused-ring (bicyclic) bond motifs is 1. The van der Waals surface area contributed by atoms with Crippen LogP contribution in [0.1, 0.15) is 5.56 Å². The molecule has 2 heterocycles. The molecule has 0 bridgehead atoms. The number of aryl methyl sites for hydroxylation is 1.